The number of thioether (sulfide) groups is 1. The topological polar surface area (TPSA) is 91.7 Å². The minimum absolute atomic E-state index is 0.339. The molecule has 8 nitrogen and oxygen atoms in total. The van der Waals surface area contributed by atoms with E-state index in [0.717, 1.165) is 50.3 Å². The van der Waals surface area contributed by atoms with Gasteiger partial charge in [0.15, 0.2) is 0 Å². The molecule has 0 saturated carbocycles. The molecule has 1 N–H and O–H groups in total. The van der Waals surface area contributed by atoms with Gasteiger partial charge < -0.3 is 10.2 Å². The molecule has 3 aromatic carbocycles. The Morgan fingerprint density at radius 3 is 2.27 bits per heavy atom. The number of hydrogen-bond donors (Lipinski definition) is 1. The zero-order valence-electron chi connectivity index (χ0n) is 23.7. The fourth-order valence-electron chi connectivity index (χ4n) is 5.61. The van der Waals surface area contributed by atoms with Crippen LogP contribution in [0, 0.1) is 5.92 Å². The lowest BCUT2D eigenvalue weighted by Crippen LogP contribution is -2.33. The fourth-order valence-corrected chi connectivity index (χ4v) is 8.65. The maximum absolute atomic E-state index is 14.0. The zero-order valence-corrected chi connectivity index (χ0v) is 26.9. The summed E-state index contributed by atoms with van der Waals surface area (Å²) in [6, 6.07) is 18.8. The van der Waals surface area contributed by atoms with Gasteiger partial charge in [-0.15, -0.1) is 0 Å². The van der Waals surface area contributed by atoms with E-state index in [4.69, 9.17) is 0 Å². The van der Waals surface area contributed by atoms with Crippen LogP contribution < -0.4 is 20.0 Å². The van der Waals surface area contributed by atoms with Crippen molar-refractivity contribution in [1.29, 1.82) is 0 Å². The van der Waals surface area contributed by atoms with Gasteiger partial charge in [0.05, 0.1) is 27.9 Å². The van der Waals surface area contributed by atoms with E-state index in [9.17, 15) is 32.3 Å². The van der Waals surface area contributed by atoms with Crippen molar-refractivity contribution in [3.05, 3.63) is 103 Å². The maximum Gasteiger partial charge on any atom is 0.418 e. The first kappa shape index (κ1) is 31.1. The molecule has 232 valence electrons. The van der Waals surface area contributed by atoms with Crippen molar-refractivity contribution in [2.45, 2.75) is 28.9 Å². The number of imide groups is 1. The van der Waals surface area contributed by atoms with Crippen molar-refractivity contribution in [1.82, 2.24) is 4.57 Å². The molecule has 3 unspecified atom stereocenters. The second-order valence-electron chi connectivity index (χ2n) is 10.7. The minimum atomic E-state index is -4.70. The molecule has 2 aliphatic heterocycles. The molecule has 0 bridgehead atoms. The molecule has 3 atom stereocenters. The summed E-state index contributed by atoms with van der Waals surface area (Å²) in [5.41, 5.74) is 0.592. The molecule has 0 spiro atoms. The number of nitrogens with one attached hydrogen (secondary N) is 1. The van der Waals surface area contributed by atoms with Crippen LogP contribution in [0.15, 0.2) is 87.1 Å². The van der Waals surface area contributed by atoms with E-state index in [0.29, 0.717) is 21.2 Å². The van der Waals surface area contributed by atoms with E-state index in [1.807, 2.05) is 43.3 Å². The van der Waals surface area contributed by atoms with Crippen LogP contribution in [-0.2, 0) is 27.1 Å². The van der Waals surface area contributed by atoms with Gasteiger partial charge in [-0.05, 0) is 54.1 Å². The van der Waals surface area contributed by atoms with Crippen LogP contribution in [0.2, 0.25) is 0 Å². The van der Waals surface area contributed by atoms with Gasteiger partial charge in [0.25, 0.3) is 0 Å². The summed E-state index contributed by atoms with van der Waals surface area (Å²) in [7, 11) is 3.78. The molecular weight excluding hydrogens is 693 g/mol. The van der Waals surface area contributed by atoms with Crippen molar-refractivity contribution in [3.63, 3.8) is 0 Å². The molecule has 3 amide bonds. The van der Waals surface area contributed by atoms with E-state index in [1.54, 1.807) is 24.3 Å². The highest BCUT2D eigenvalue weighted by Crippen LogP contribution is 2.54. The Bertz CT molecular complexity index is 1870. The van der Waals surface area contributed by atoms with Crippen LogP contribution in [0.1, 0.15) is 21.9 Å². The monoisotopic (exact) mass is 716 g/mol. The summed E-state index contributed by atoms with van der Waals surface area (Å²) in [6.45, 7) is -0.577. The minimum Gasteiger partial charge on any atom is -0.378 e. The SMILES string of the molecule is CN(C)c1ccc(C2c3sc(=O)n(CC(=O)Nc4ccccc4C(F)(F)F)c3SC3C(=O)N(c4ccc(Br)cc4)C(=O)C32)cc1. The molecule has 1 aromatic heterocycles. The van der Waals surface area contributed by atoms with Gasteiger partial charge in [0.2, 0.25) is 17.7 Å². The lowest BCUT2D eigenvalue weighted by Gasteiger charge is -2.31. The molecule has 0 radical (unpaired) electrons. The lowest BCUT2D eigenvalue weighted by atomic mass is 9.83. The number of benzene rings is 3. The molecular formula is C31H24BrF3N4O4S2. The number of halogens is 4. The Balaban J connectivity index is 1.40. The van der Waals surface area contributed by atoms with Crippen LogP contribution in [-0.4, -0.2) is 41.6 Å². The molecule has 45 heavy (non-hydrogen) atoms. The van der Waals surface area contributed by atoms with Crippen molar-refractivity contribution < 1.29 is 27.6 Å². The van der Waals surface area contributed by atoms with Crippen molar-refractivity contribution in [2.75, 3.05) is 29.2 Å². The predicted octanol–water partition coefficient (Wildman–Crippen LogP) is 6.19. The van der Waals surface area contributed by atoms with Gasteiger partial charge in [-0.3, -0.25) is 23.7 Å². The fraction of sp³-hybridized carbons (Fsp3) is 0.226. The van der Waals surface area contributed by atoms with E-state index in [-0.39, 0.29) is 0 Å². The Morgan fingerprint density at radius 1 is 0.956 bits per heavy atom. The third-order valence-electron chi connectivity index (χ3n) is 7.71. The van der Waals surface area contributed by atoms with Crippen LogP contribution in [0.4, 0.5) is 30.2 Å². The first-order chi connectivity index (χ1) is 21.3. The maximum atomic E-state index is 14.0. The van der Waals surface area contributed by atoms with Gasteiger partial charge >= 0.3 is 11.0 Å². The number of aromatic nitrogens is 1. The third kappa shape index (κ3) is 5.70. The number of anilines is 3. The summed E-state index contributed by atoms with van der Waals surface area (Å²) >= 11 is 5.27. The standard InChI is InChI=1S/C31H24BrF3N4O4S2/c1-37(2)18-11-7-16(8-12-18)23-24-25(28(42)39(27(24)41)19-13-9-17(32)10-14-19)44-29-26(23)45-30(43)38(29)15-22(40)36-21-6-4-3-5-20(21)31(33,34)35/h3-14,23-25H,15H2,1-2H3,(H,36,40). The summed E-state index contributed by atoms with van der Waals surface area (Å²) in [4.78, 5) is 57.4. The molecule has 0 aliphatic carbocycles. The first-order valence-corrected chi connectivity index (χ1v) is 16.1. The van der Waals surface area contributed by atoms with Crippen LogP contribution in [0.5, 0.6) is 0 Å². The van der Waals surface area contributed by atoms with E-state index < -0.39 is 63.7 Å². The third-order valence-corrected chi connectivity index (χ3v) is 10.8. The lowest BCUT2D eigenvalue weighted by molar-refractivity contribution is -0.137. The number of amides is 3. The Kier molecular flexibility index (Phi) is 8.16. The average molecular weight is 718 g/mol. The van der Waals surface area contributed by atoms with Gasteiger partial charge in [0, 0.05) is 35.1 Å². The molecule has 1 saturated heterocycles. The second-order valence-corrected chi connectivity index (χ2v) is 13.8. The van der Waals surface area contributed by atoms with Crippen molar-refractivity contribution >= 4 is 73.8 Å². The van der Waals surface area contributed by atoms with Crippen LogP contribution >= 0.6 is 39.0 Å². The first-order valence-electron chi connectivity index (χ1n) is 13.6. The quantitative estimate of drug-likeness (QED) is 0.240. The molecule has 14 heteroatoms. The number of para-hydroxylation sites is 1. The van der Waals surface area contributed by atoms with Crippen molar-refractivity contribution in [3.8, 4) is 0 Å². The zero-order chi connectivity index (χ0) is 32.2. The van der Waals surface area contributed by atoms with Gasteiger partial charge in [-0.1, -0.05) is 63.3 Å². The summed E-state index contributed by atoms with van der Waals surface area (Å²) in [5, 5.41) is 1.72. The highest BCUT2D eigenvalue weighted by molar-refractivity contribution is 9.10. The van der Waals surface area contributed by atoms with Gasteiger partial charge in [-0.2, -0.15) is 13.2 Å². The highest BCUT2D eigenvalue weighted by Gasteiger charge is 2.56. The number of rotatable bonds is 6. The number of carbonyl (C=O) groups excluding carboxylic acids is 3. The molecule has 1 fully saturated rings. The van der Waals surface area contributed by atoms with Gasteiger partial charge in [-0.25, -0.2) is 4.90 Å². The summed E-state index contributed by atoms with van der Waals surface area (Å²) in [5.74, 6) is -3.20. The normalized spacial score (nSPS) is 19.3. The smallest absolute Gasteiger partial charge is 0.378 e. The Labute approximate surface area is 272 Å². The van der Waals surface area contributed by atoms with Crippen LogP contribution in [0.3, 0.4) is 0 Å². The second kappa shape index (κ2) is 11.8. The van der Waals surface area contributed by atoms with E-state index in [2.05, 4.69) is 21.2 Å². The number of carbonyl (C=O) groups is 3. The summed E-state index contributed by atoms with van der Waals surface area (Å²) < 4.78 is 42.5. The van der Waals surface area contributed by atoms with E-state index >= 15 is 0 Å². The molecule has 2 aliphatic rings. The largest absolute Gasteiger partial charge is 0.418 e. The number of alkyl halides is 3. The Morgan fingerprint density at radius 2 is 1.62 bits per heavy atom. The number of thiazole rings is 1. The van der Waals surface area contributed by atoms with Gasteiger partial charge in [0.1, 0.15) is 11.8 Å². The molecule has 3 heterocycles. The number of fused-ring (bicyclic) bond motifs is 2. The summed E-state index contributed by atoms with van der Waals surface area (Å²) in [6.07, 6.45) is -4.70. The van der Waals surface area contributed by atoms with Crippen molar-refractivity contribution in [2.24, 2.45) is 5.92 Å². The number of hydrogen-bond acceptors (Lipinski definition) is 7. The molecule has 4 aromatic rings. The average Bonchev–Trinajstić information content (AvgIpc) is 3.43. The molecule has 6 rings (SSSR count). The number of nitrogens with zero attached hydrogens (tertiary/aromatic N) is 3. The van der Waals surface area contributed by atoms with E-state index in [1.165, 1.54) is 16.7 Å². The highest BCUT2D eigenvalue weighted by atomic mass is 79.9. The Hall–Kier alpha value is -3.88. The predicted molar refractivity (Wildman–Crippen MR) is 171 cm³/mol. The van der Waals surface area contributed by atoms with Crippen LogP contribution in [0.25, 0.3) is 0 Å².